The zero-order chi connectivity index (χ0) is 22.0. The minimum Gasteiger partial charge on any atom is -0.497 e. The third-order valence-electron chi connectivity index (χ3n) is 4.87. The first-order valence-electron chi connectivity index (χ1n) is 9.90. The normalized spacial score (nSPS) is 13.7. The fourth-order valence-electron chi connectivity index (χ4n) is 3.20. The molecule has 1 aliphatic heterocycles. The number of ether oxygens (including phenoxy) is 3. The van der Waals surface area contributed by atoms with Crippen molar-refractivity contribution >= 4 is 38.5 Å². The number of thiazole rings is 1. The molecule has 1 unspecified atom stereocenters. The van der Waals surface area contributed by atoms with Crippen molar-refractivity contribution in [2.75, 3.05) is 25.6 Å². The maximum atomic E-state index is 12.9. The van der Waals surface area contributed by atoms with Gasteiger partial charge in [0.25, 0.3) is 5.91 Å². The predicted octanol–water partition coefficient (Wildman–Crippen LogP) is 3.47. The molecule has 2 amide bonds. The summed E-state index contributed by atoms with van der Waals surface area (Å²) >= 11 is 1.34. The van der Waals surface area contributed by atoms with Gasteiger partial charge in [0.15, 0.2) is 16.6 Å². The van der Waals surface area contributed by atoms with Gasteiger partial charge in [-0.3, -0.25) is 9.59 Å². The molecule has 2 aromatic carbocycles. The summed E-state index contributed by atoms with van der Waals surface area (Å²) in [4.78, 5) is 30.0. The Labute approximate surface area is 183 Å². The number of carbonyl (C=O) groups excluding carboxylic acids is 2. The van der Waals surface area contributed by atoms with Crippen molar-refractivity contribution in [2.24, 2.45) is 5.92 Å². The minimum atomic E-state index is -0.721. The van der Waals surface area contributed by atoms with Crippen molar-refractivity contribution in [1.29, 1.82) is 0 Å². The number of hydrogen-bond donors (Lipinski definition) is 2. The summed E-state index contributed by atoms with van der Waals surface area (Å²) in [6.45, 7) is 4.75. The highest BCUT2D eigenvalue weighted by molar-refractivity contribution is 7.22. The molecule has 0 saturated heterocycles. The number of carbonyl (C=O) groups is 2. The maximum absolute atomic E-state index is 12.9. The Morgan fingerprint density at radius 2 is 1.77 bits per heavy atom. The van der Waals surface area contributed by atoms with E-state index < -0.39 is 6.04 Å². The standard InChI is InChI=1S/C22H23N3O5S/c1-12(2)19(24-20(26)13-4-6-14(28-3)7-5-13)21(27)25-22-23-15-10-16-17(11-18(15)31-22)30-9-8-29-16/h4-7,10-12,19H,8-9H2,1-3H3,(H,24,26)(H,23,25,27). The third kappa shape index (κ3) is 4.56. The molecular weight excluding hydrogens is 418 g/mol. The van der Waals surface area contributed by atoms with Gasteiger partial charge in [0.05, 0.1) is 17.3 Å². The molecule has 0 radical (unpaired) electrons. The van der Waals surface area contributed by atoms with E-state index in [1.165, 1.54) is 11.3 Å². The van der Waals surface area contributed by atoms with Gasteiger partial charge in [-0.2, -0.15) is 0 Å². The number of anilines is 1. The average molecular weight is 442 g/mol. The van der Waals surface area contributed by atoms with E-state index in [9.17, 15) is 9.59 Å². The molecule has 0 aliphatic carbocycles. The number of amides is 2. The van der Waals surface area contributed by atoms with Crippen molar-refractivity contribution < 1.29 is 23.8 Å². The number of nitrogens with zero attached hydrogens (tertiary/aromatic N) is 1. The van der Waals surface area contributed by atoms with Crippen LogP contribution in [0.1, 0.15) is 24.2 Å². The second kappa shape index (κ2) is 8.81. The zero-order valence-electron chi connectivity index (χ0n) is 17.4. The summed E-state index contributed by atoms with van der Waals surface area (Å²) in [7, 11) is 1.56. The second-order valence-corrected chi connectivity index (χ2v) is 8.43. The molecule has 2 N–H and O–H groups in total. The Hall–Kier alpha value is -3.33. The van der Waals surface area contributed by atoms with Gasteiger partial charge in [0, 0.05) is 17.7 Å². The van der Waals surface area contributed by atoms with Crippen molar-refractivity contribution in [3.8, 4) is 17.2 Å². The molecule has 0 bridgehead atoms. The average Bonchev–Trinajstić information content (AvgIpc) is 3.16. The molecule has 8 nitrogen and oxygen atoms in total. The lowest BCUT2D eigenvalue weighted by atomic mass is 10.0. The van der Waals surface area contributed by atoms with E-state index in [0.717, 1.165) is 4.70 Å². The molecule has 1 aromatic heterocycles. The molecule has 9 heteroatoms. The van der Waals surface area contributed by atoms with Crippen molar-refractivity contribution in [1.82, 2.24) is 10.3 Å². The molecule has 0 saturated carbocycles. The van der Waals surface area contributed by atoms with Crippen LogP contribution in [-0.2, 0) is 4.79 Å². The van der Waals surface area contributed by atoms with E-state index in [1.54, 1.807) is 37.4 Å². The minimum absolute atomic E-state index is 0.120. The molecule has 3 aromatic rings. The molecule has 162 valence electrons. The topological polar surface area (TPSA) is 98.8 Å². The number of nitrogens with one attached hydrogen (secondary N) is 2. The second-order valence-electron chi connectivity index (χ2n) is 7.40. The Bertz CT molecular complexity index is 1070. The van der Waals surface area contributed by atoms with E-state index in [1.807, 2.05) is 19.9 Å². The fraction of sp³-hybridized carbons (Fsp3) is 0.318. The highest BCUT2D eigenvalue weighted by atomic mass is 32.1. The van der Waals surface area contributed by atoms with Crippen LogP contribution >= 0.6 is 11.3 Å². The highest BCUT2D eigenvalue weighted by Gasteiger charge is 2.26. The fourth-order valence-corrected chi connectivity index (χ4v) is 4.08. The van der Waals surface area contributed by atoms with E-state index in [2.05, 4.69) is 15.6 Å². The molecule has 0 fully saturated rings. The SMILES string of the molecule is COc1ccc(C(=O)NC(C(=O)Nc2nc3cc4c(cc3s2)OCCO4)C(C)C)cc1. The lowest BCUT2D eigenvalue weighted by molar-refractivity contribution is -0.118. The van der Waals surface area contributed by atoms with Gasteiger partial charge < -0.3 is 24.8 Å². The van der Waals surface area contributed by atoms with Crippen LogP contribution in [0.25, 0.3) is 10.2 Å². The molecule has 1 atom stereocenters. The van der Waals surface area contributed by atoms with E-state index in [0.29, 0.717) is 46.7 Å². The first-order valence-corrected chi connectivity index (χ1v) is 10.7. The number of hydrogen-bond acceptors (Lipinski definition) is 7. The first-order chi connectivity index (χ1) is 14.9. The summed E-state index contributed by atoms with van der Waals surface area (Å²) in [6.07, 6.45) is 0. The highest BCUT2D eigenvalue weighted by Crippen LogP contribution is 2.37. The van der Waals surface area contributed by atoms with Gasteiger partial charge in [0.1, 0.15) is 25.0 Å². The van der Waals surface area contributed by atoms with Crippen LogP contribution in [0.2, 0.25) is 0 Å². The van der Waals surface area contributed by atoms with Crippen LogP contribution in [0.3, 0.4) is 0 Å². The van der Waals surface area contributed by atoms with Crippen molar-refractivity contribution in [3.05, 3.63) is 42.0 Å². The lowest BCUT2D eigenvalue weighted by Crippen LogP contribution is -2.47. The largest absolute Gasteiger partial charge is 0.497 e. The maximum Gasteiger partial charge on any atom is 0.251 e. The number of aromatic nitrogens is 1. The van der Waals surface area contributed by atoms with E-state index >= 15 is 0 Å². The lowest BCUT2D eigenvalue weighted by Gasteiger charge is -2.21. The van der Waals surface area contributed by atoms with Gasteiger partial charge in [-0.05, 0) is 30.2 Å². The van der Waals surface area contributed by atoms with Gasteiger partial charge in [-0.25, -0.2) is 4.98 Å². The Morgan fingerprint density at radius 3 is 2.42 bits per heavy atom. The molecule has 0 spiro atoms. The third-order valence-corrected chi connectivity index (χ3v) is 5.80. The van der Waals surface area contributed by atoms with E-state index in [4.69, 9.17) is 14.2 Å². The summed E-state index contributed by atoms with van der Waals surface area (Å²) in [5.41, 5.74) is 1.16. The van der Waals surface area contributed by atoms with Crippen LogP contribution < -0.4 is 24.8 Å². The summed E-state index contributed by atoms with van der Waals surface area (Å²) < 4.78 is 17.2. The molecule has 31 heavy (non-hydrogen) atoms. The predicted molar refractivity (Wildman–Crippen MR) is 118 cm³/mol. The Morgan fingerprint density at radius 1 is 1.10 bits per heavy atom. The van der Waals surface area contributed by atoms with Gasteiger partial charge >= 0.3 is 0 Å². The van der Waals surface area contributed by atoms with Crippen LogP contribution in [0.15, 0.2) is 36.4 Å². The number of methoxy groups -OCH3 is 1. The number of fused-ring (bicyclic) bond motifs is 2. The number of rotatable bonds is 6. The van der Waals surface area contributed by atoms with Crippen LogP contribution in [0, 0.1) is 5.92 Å². The Balaban J connectivity index is 1.48. The molecule has 4 rings (SSSR count). The van der Waals surface area contributed by atoms with Gasteiger partial charge in [-0.15, -0.1) is 0 Å². The first kappa shape index (κ1) is 20.9. The van der Waals surface area contributed by atoms with Crippen LogP contribution in [0.5, 0.6) is 17.2 Å². The molecule has 2 heterocycles. The van der Waals surface area contributed by atoms with Crippen molar-refractivity contribution in [2.45, 2.75) is 19.9 Å². The van der Waals surface area contributed by atoms with Crippen LogP contribution in [0.4, 0.5) is 5.13 Å². The van der Waals surface area contributed by atoms with Gasteiger partial charge in [0.2, 0.25) is 5.91 Å². The molecular formula is C22H23N3O5S. The van der Waals surface area contributed by atoms with Crippen molar-refractivity contribution in [3.63, 3.8) is 0 Å². The summed E-state index contributed by atoms with van der Waals surface area (Å²) in [5, 5.41) is 6.10. The number of benzene rings is 2. The zero-order valence-corrected chi connectivity index (χ0v) is 18.2. The van der Waals surface area contributed by atoms with E-state index in [-0.39, 0.29) is 17.7 Å². The van der Waals surface area contributed by atoms with Crippen LogP contribution in [-0.4, -0.2) is 43.2 Å². The molecule has 1 aliphatic rings. The summed E-state index contributed by atoms with van der Waals surface area (Å²) in [5.74, 6) is 1.20. The Kier molecular flexibility index (Phi) is 5.94. The summed E-state index contributed by atoms with van der Waals surface area (Å²) in [6, 6.07) is 9.66. The smallest absolute Gasteiger partial charge is 0.251 e. The monoisotopic (exact) mass is 441 g/mol. The quantitative estimate of drug-likeness (QED) is 0.608. The van der Waals surface area contributed by atoms with Gasteiger partial charge in [-0.1, -0.05) is 25.2 Å².